The zero-order valence-electron chi connectivity index (χ0n) is 15.7. The third-order valence-corrected chi connectivity index (χ3v) is 4.55. The van der Waals surface area contributed by atoms with E-state index in [2.05, 4.69) is 0 Å². The first-order valence-electron chi connectivity index (χ1n) is 9.05. The largest absolute Gasteiger partial charge is 0.480 e. The van der Waals surface area contributed by atoms with Crippen LogP contribution in [0.3, 0.4) is 0 Å². The van der Waals surface area contributed by atoms with E-state index in [4.69, 9.17) is 15.2 Å². The van der Waals surface area contributed by atoms with Crippen molar-refractivity contribution in [1.29, 1.82) is 0 Å². The van der Waals surface area contributed by atoms with Gasteiger partial charge in [-0.15, -0.1) is 0 Å². The summed E-state index contributed by atoms with van der Waals surface area (Å²) in [7, 11) is 0. The Morgan fingerprint density at radius 2 is 1.81 bits per heavy atom. The van der Waals surface area contributed by atoms with Crippen LogP contribution in [-0.2, 0) is 16.0 Å². The molecule has 1 atom stereocenters. The number of fused-ring (bicyclic) bond motifs is 1. The number of ether oxygens (including phenoxy) is 2. The second-order valence-corrected chi connectivity index (χ2v) is 7.81. The first kappa shape index (κ1) is 18.4. The summed E-state index contributed by atoms with van der Waals surface area (Å²) in [6.45, 7) is 7.46. The molecule has 2 aliphatic heterocycles. The molecule has 0 aromatic heterocycles. The minimum Gasteiger partial charge on any atom is -0.480 e. The summed E-state index contributed by atoms with van der Waals surface area (Å²) < 4.78 is 11.3. The average Bonchev–Trinajstić information content (AvgIpc) is 2.59. The second kappa shape index (κ2) is 7.05. The lowest BCUT2D eigenvalue weighted by molar-refractivity contribution is -0.141. The number of carbonyl (C=O) groups excluding carboxylic acids is 2. The molecule has 2 N–H and O–H groups in total. The number of aryl methyl sites for hydroxylation is 1. The summed E-state index contributed by atoms with van der Waals surface area (Å²) in [4.78, 5) is 28.3. The van der Waals surface area contributed by atoms with Crippen LogP contribution in [0.2, 0.25) is 0 Å². The average molecular weight is 361 g/mol. The highest BCUT2D eigenvalue weighted by Gasteiger charge is 2.33. The van der Waals surface area contributed by atoms with Crippen LogP contribution in [0.1, 0.15) is 32.8 Å². The Morgan fingerprint density at radius 1 is 1.15 bits per heavy atom. The lowest BCUT2D eigenvalue weighted by Gasteiger charge is -2.37. The number of carbonyl (C=O) groups is 2. The standard InChI is InChI=1S/C19H27N3O4/c1-19(2,3)26-18(24)22-10-8-21(9-11-22)17(23)16-6-4-13-12-14(20)5-7-15(13)25-16/h5,7,12,16H,4,6,8-11,20H2,1-3H3. The molecule has 7 nitrogen and oxygen atoms in total. The minimum atomic E-state index is -0.517. The first-order valence-corrected chi connectivity index (χ1v) is 9.05. The topological polar surface area (TPSA) is 85.1 Å². The van der Waals surface area contributed by atoms with E-state index in [9.17, 15) is 9.59 Å². The Labute approximate surface area is 154 Å². The van der Waals surface area contributed by atoms with Crippen LogP contribution in [0, 0.1) is 0 Å². The summed E-state index contributed by atoms with van der Waals surface area (Å²) in [6.07, 6.45) is 0.611. The van der Waals surface area contributed by atoms with Gasteiger partial charge in [0.25, 0.3) is 5.91 Å². The fourth-order valence-electron chi connectivity index (χ4n) is 3.22. The van der Waals surface area contributed by atoms with E-state index in [1.165, 1.54) is 0 Å². The maximum absolute atomic E-state index is 12.8. The molecule has 0 saturated carbocycles. The number of anilines is 1. The van der Waals surface area contributed by atoms with Crippen LogP contribution in [0.5, 0.6) is 5.75 Å². The third-order valence-electron chi connectivity index (χ3n) is 4.55. The van der Waals surface area contributed by atoms with Crippen LogP contribution in [0.4, 0.5) is 10.5 Å². The van der Waals surface area contributed by atoms with Gasteiger partial charge in [0, 0.05) is 31.9 Å². The highest BCUT2D eigenvalue weighted by atomic mass is 16.6. The van der Waals surface area contributed by atoms with Gasteiger partial charge in [-0.05, 0) is 57.4 Å². The molecular weight excluding hydrogens is 334 g/mol. The van der Waals surface area contributed by atoms with E-state index < -0.39 is 11.7 Å². The molecule has 0 bridgehead atoms. The molecule has 0 spiro atoms. The van der Waals surface area contributed by atoms with Gasteiger partial charge in [0.2, 0.25) is 0 Å². The Bertz CT molecular complexity index is 691. The van der Waals surface area contributed by atoms with Crippen molar-refractivity contribution >= 4 is 17.7 Å². The zero-order valence-corrected chi connectivity index (χ0v) is 15.7. The van der Waals surface area contributed by atoms with Crippen LogP contribution in [-0.4, -0.2) is 59.7 Å². The van der Waals surface area contributed by atoms with Gasteiger partial charge in [-0.3, -0.25) is 4.79 Å². The minimum absolute atomic E-state index is 0.0173. The molecule has 2 amide bonds. The molecule has 1 unspecified atom stereocenters. The van der Waals surface area contributed by atoms with Crippen molar-refractivity contribution in [2.45, 2.75) is 45.3 Å². The van der Waals surface area contributed by atoms with E-state index >= 15 is 0 Å². The molecule has 7 heteroatoms. The van der Waals surface area contributed by atoms with Gasteiger partial charge in [-0.2, -0.15) is 0 Å². The second-order valence-electron chi connectivity index (χ2n) is 7.81. The lowest BCUT2D eigenvalue weighted by Crippen LogP contribution is -2.54. The molecule has 1 aromatic carbocycles. The van der Waals surface area contributed by atoms with Crippen molar-refractivity contribution < 1.29 is 19.1 Å². The molecule has 0 radical (unpaired) electrons. The van der Waals surface area contributed by atoms with Gasteiger partial charge in [0.1, 0.15) is 11.4 Å². The molecule has 1 saturated heterocycles. The van der Waals surface area contributed by atoms with Gasteiger partial charge < -0.3 is 25.0 Å². The van der Waals surface area contributed by atoms with Crippen LogP contribution < -0.4 is 10.5 Å². The van der Waals surface area contributed by atoms with Gasteiger partial charge in [-0.25, -0.2) is 4.79 Å². The number of nitrogens with zero attached hydrogens (tertiary/aromatic N) is 2. The summed E-state index contributed by atoms with van der Waals surface area (Å²) in [5.74, 6) is 0.715. The number of hydrogen-bond donors (Lipinski definition) is 1. The van der Waals surface area contributed by atoms with Gasteiger partial charge >= 0.3 is 6.09 Å². The Morgan fingerprint density at radius 3 is 2.46 bits per heavy atom. The number of benzene rings is 1. The number of hydrogen-bond acceptors (Lipinski definition) is 5. The van der Waals surface area contributed by atoms with Crippen molar-refractivity contribution in [3.8, 4) is 5.75 Å². The van der Waals surface area contributed by atoms with Gasteiger partial charge in [0.15, 0.2) is 6.10 Å². The Kier molecular flexibility index (Phi) is 4.98. The number of amides is 2. The summed E-state index contributed by atoms with van der Waals surface area (Å²) >= 11 is 0. The molecule has 1 aromatic rings. The molecule has 142 valence electrons. The fourth-order valence-corrected chi connectivity index (χ4v) is 3.22. The molecule has 26 heavy (non-hydrogen) atoms. The van der Waals surface area contributed by atoms with Crippen LogP contribution in [0.25, 0.3) is 0 Å². The lowest BCUT2D eigenvalue weighted by atomic mass is 10.0. The van der Waals surface area contributed by atoms with Crippen molar-refractivity contribution in [2.24, 2.45) is 0 Å². The predicted molar refractivity (Wildman–Crippen MR) is 98.0 cm³/mol. The zero-order chi connectivity index (χ0) is 18.9. The third kappa shape index (κ3) is 4.20. The van der Waals surface area contributed by atoms with E-state index in [0.29, 0.717) is 38.3 Å². The number of nitrogens with two attached hydrogens (primary N) is 1. The maximum Gasteiger partial charge on any atom is 0.410 e. The van der Waals surface area contributed by atoms with Gasteiger partial charge in [-0.1, -0.05) is 0 Å². The van der Waals surface area contributed by atoms with Gasteiger partial charge in [0.05, 0.1) is 0 Å². The SMILES string of the molecule is CC(C)(C)OC(=O)N1CCN(C(=O)C2CCc3cc(N)ccc3O2)CC1. The van der Waals surface area contributed by atoms with Crippen molar-refractivity contribution in [3.05, 3.63) is 23.8 Å². The van der Waals surface area contributed by atoms with Crippen molar-refractivity contribution in [1.82, 2.24) is 9.80 Å². The van der Waals surface area contributed by atoms with E-state index in [-0.39, 0.29) is 12.0 Å². The van der Waals surface area contributed by atoms with Crippen LogP contribution >= 0.6 is 0 Å². The summed E-state index contributed by atoms with van der Waals surface area (Å²) in [6, 6.07) is 5.51. The quantitative estimate of drug-likeness (QED) is 0.774. The predicted octanol–water partition coefficient (Wildman–Crippen LogP) is 2.04. The summed E-state index contributed by atoms with van der Waals surface area (Å²) in [5, 5.41) is 0. The molecule has 1 fully saturated rings. The van der Waals surface area contributed by atoms with E-state index in [1.807, 2.05) is 32.9 Å². The highest BCUT2D eigenvalue weighted by Crippen LogP contribution is 2.30. The normalized spacial score (nSPS) is 20.2. The molecule has 2 aliphatic rings. The van der Waals surface area contributed by atoms with Crippen molar-refractivity contribution in [3.63, 3.8) is 0 Å². The number of nitrogen functional groups attached to an aromatic ring is 1. The maximum atomic E-state index is 12.8. The smallest absolute Gasteiger partial charge is 0.410 e. The monoisotopic (exact) mass is 361 g/mol. The Hall–Kier alpha value is -2.44. The van der Waals surface area contributed by atoms with Crippen LogP contribution in [0.15, 0.2) is 18.2 Å². The Balaban J connectivity index is 1.54. The van der Waals surface area contributed by atoms with E-state index in [1.54, 1.807) is 15.9 Å². The number of piperazine rings is 1. The van der Waals surface area contributed by atoms with E-state index in [0.717, 1.165) is 17.7 Å². The molecule has 3 rings (SSSR count). The molecule has 2 heterocycles. The number of rotatable bonds is 1. The fraction of sp³-hybridized carbons (Fsp3) is 0.579. The molecular formula is C19H27N3O4. The highest BCUT2D eigenvalue weighted by molar-refractivity contribution is 5.82. The molecule has 0 aliphatic carbocycles. The van der Waals surface area contributed by atoms with Crippen molar-refractivity contribution in [2.75, 3.05) is 31.9 Å². The first-order chi connectivity index (χ1) is 12.2. The summed E-state index contributed by atoms with van der Waals surface area (Å²) in [5.41, 5.74) is 7.03.